The number of piperazine rings is 1. The third-order valence-electron chi connectivity index (χ3n) is 4.04. The van der Waals surface area contributed by atoms with Crippen LogP contribution in [0.15, 0.2) is 29.6 Å². The van der Waals surface area contributed by atoms with E-state index < -0.39 is 0 Å². The molecular formula is C16H20N4O2S. The van der Waals surface area contributed by atoms with E-state index >= 15 is 0 Å². The number of nitrogens with zero attached hydrogens (tertiary/aromatic N) is 4. The second-order valence-electron chi connectivity index (χ2n) is 5.84. The molecule has 1 aromatic carbocycles. The molecule has 3 rings (SSSR count). The minimum atomic E-state index is -0.336. The molecule has 0 radical (unpaired) electrons. The van der Waals surface area contributed by atoms with E-state index in [0.717, 1.165) is 55.5 Å². The average Bonchev–Trinajstić information content (AvgIpc) is 2.94. The van der Waals surface area contributed by atoms with Crippen molar-refractivity contribution in [2.75, 3.05) is 26.2 Å². The third kappa shape index (κ3) is 4.34. The fraction of sp³-hybridized carbons (Fsp3) is 0.438. The predicted molar refractivity (Wildman–Crippen MR) is 90.5 cm³/mol. The van der Waals surface area contributed by atoms with Crippen molar-refractivity contribution < 1.29 is 4.92 Å². The molecule has 0 N–H and O–H groups in total. The molecule has 1 fully saturated rings. The Morgan fingerprint density at radius 1 is 1.22 bits per heavy atom. The van der Waals surface area contributed by atoms with E-state index in [1.54, 1.807) is 23.5 Å². The fourth-order valence-electron chi connectivity index (χ4n) is 2.84. The number of hydrogen-bond acceptors (Lipinski definition) is 6. The standard InChI is InChI=1S/C16H20N4O2S/c1-13-17-15(12-23-13)11-19-7-5-18(6-8-19)10-14-3-2-4-16(9-14)20(21)22/h2-4,9,12H,5-8,10-11H2,1H3. The van der Waals surface area contributed by atoms with Crippen LogP contribution in [-0.4, -0.2) is 45.9 Å². The molecule has 2 aromatic rings. The van der Waals surface area contributed by atoms with E-state index in [2.05, 4.69) is 20.2 Å². The van der Waals surface area contributed by atoms with Crippen LogP contribution in [0.25, 0.3) is 0 Å². The highest BCUT2D eigenvalue weighted by Gasteiger charge is 2.18. The molecule has 122 valence electrons. The molecule has 2 heterocycles. The minimum absolute atomic E-state index is 0.167. The van der Waals surface area contributed by atoms with E-state index in [9.17, 15) is 10.1 Å². The highest BCUT2D eigenvalue weighted by molar-refractivity contribution is 7.09. The summed E-state index contributed by atoms with van der Waals surface area (Å²) < 4.78 is 0. The summed E-state index contributed by atoms with van der Waals surface area (Å²) in [6.45, 7) is 7.68. The first-order chi connectivity index (χ1) is 11.1. The molecule has 1 aromatic heterocycles. The summed E-state index contributed by atoms with van der Waals surface area (Å²) in [4.78, 5) is 19.8. The lowest BCUT2D eigenvalue weighted by Crippen LogP contribution is -2.45. The fourth-order valence-corrected chi connectivity index (χ4v) is 3.45. The summed E-state index contributed by atoms with van der Waals surface area (Å²) >= 11 is 1.70. The Hall–Kier alpha value is -1.83. The number of nitro groups is 1. The lowest BCUT2D eigenvalue weighted by Gasteiger charge is -2.34. The van der Waals surface area contributed by atoms with Crippen molar-refractivity contribution in [3.63, 3.8) is 0 Å². The molecule has 0 amide bonds. The van der Waals surface area contributed by atoms with Crippen LogP contribution in [0, 0.1) is 17.0 Å². The Bertz CT molecular complexity index is 680. The summed E-state index contributed by atoms with van der Waals surface area (Å²) in [6.07, 6.45) is 0. The largest absolute Gasteiger partial charge is 0.297 e. The summed E-state index contributed by atoms with van der Waals surface area (Å²) in [6, 6.07) is 6.92. The zero-order chi connectivity index (χ0) is 16.2. The van der Waals surface area contributed by atoms with Crippen LogP contribution < -0.4 is 0 Å². The summed E-state index contributed by atoms with van der Waals surface area (Å²) in [7, 11) is 0. The molecule has 0 unspecified atom stereocenters. The van der Waals surface area contributed by atoms with Gasteiger partial charge in [0.25, 0.3) is 5.69 Å². The van der Waals surface area contributed by atoms with Crippen molar-refractivity contribution in [3.05, 3.63) is 56.0 Å². The van der Waals surface area contributed by atoms with Gasteiger partial charge < -0.3 is 0 Å². The first kappa shape index (κ1) is 16.0. The molecule has 1 aliphatic rings. The van der Waals surface area contributed by atoms with E-state index in [0.29, 0.717) is 0 Å². The van der Waals surface area contributed by atoms with Crippen LogP contribution >= 0.6 is 11.3 Å². The van der Waals surface area contributed by atoms with Gasteiger partial charge in [-0.1, -0.05) is 12.1 Å². The Balaban J connectivity index is 1.51. The molecule has 6 nitrogen and oxygen atoms in total. The van der Waals surface area contributed by atoms with Crippen molar-refractivity contribution in [2.45, 2.75) is 20.0 Å². The Morgan fingerprint density at radius 3 is 2.52 bits per heavy atom. The second-order valence-corrected chi connectivity index (χ2v) is 6.90. The van der Waals surface area contributed by atoms with Crippen molar-refractivity contribution in [3.8, 4) is 0 Å². The van der Waals surface area contributed by atoms with Crippen LogP contribution in [0.1, 0.15) is 16.3 Å². The number of aromatic nitrogens is 1. The van der Waals surface area contributed by atoms with Gasteiger partial charge in [-0.25, -0.2) is 4.98 Å². The van der Waals surface area contributed by atoms with Crippen molar-refractivity contribution in [1.82, 2.24) is 14.8 Å². The first-order valence-corrected chi connectivity index (χ1v) is 8.57. The molecular weight excluding hydrogens is 312 g/mol. The topological polar surface area (TPSA) is 62.5 Å². The molecule has 0 saturated carbocycles. The number of non-ortho nitro benzene ring substituents is 1. The van der Waals surface area contributed by atoms with Crippen molar-refractivity contribution in [2.24, 2.45) is 0 Å². The average molecular weight is 332 g/mol. The Labute approximate surface area is 139 Å². The van der Waals surface area contributed by atoms with Crippen molar-refractivity contribution >= 4 is 17.0 Å². The van der Waals surface area contributed by atoms with Gasteiger partial charge in [-0.05, 0) is 12.5 Å². The monoisotopic (exact) mass is 332 g/mol. The first-order valence-electron chi connectivity index (χ1n) is 7.69. The van der Waals surface area contributed by atoms with Crippen LogP contribution in [0.5, 0.6) is 0 Å². The normalized spacial score (nSPS) is 16.6. The van der Waals surface area contributed by atoms with E-state index in [-0.39, 0.29) is 10.6 Å². The van der Waals surface area contributed by atoms with Gasteiger partial charge >= 0.3 is 0 Å². The second kappa shape index (κ2) is 7.16. The summed E-state index contributed by atoms with van der Waals surface area (Å²) in [5.74, 6) is 0. The smallest absolute Gasteiger partial charge is 0.269 e. The quantitative estimate of drug-likeness (QED) is 0.622. The zero-order valence-electron chi connectivity index (χ0n) is 13.1. The van der Waals surface area contributed by atoms with E-state index in [1.165, 1.54) is 6.07 Å². The van der Waals surface area contributed by atoms with Crippen LogP contribution in [0.4, 0.5) is 5.69 Å². The van der Waals surface area contributed by atoms with Gasteiger partial charge in [0.1, 0.15) is 0 Å². The van der Waals surface area contributed by atoms with Gasteiger partial charge in [-0.3, -0.25) is 19.9 Å². The number of aryl methyl sites for hydroxylation is 1. The molecule has 0 atom stereocenters. The van der Waals surface area contributed by atoms with Gasteiger partial charge in [-0.15, -0.1) is 11.3 Å². The molecule has 0 spiro atoms. The zero-order valence-corrected chi connectivity index (χ0v) is 14.0. The predicted octanol–water partition coefficient (Wildman–Crippen LogP) is 2.68. The van der Waals surface area contributed by atoms with E-state index in [4.69, 9.17) is 0 Å². The Kier molecular flexibility index (Phi) is 5.00. The van der Waals surface area contributed by atoms with Crippen LogP contribution in [0.2, 0.25) is 0 Å². The molecule has 1 aliphatic heterocycles. The summed E-state index contributed by atoms with van der Waals surface area (Å²) in [5.41, 5.74) is 2.32. The molecule has 1 saturated heterocycles. The van der Waals surface area contributed by atoms with Gasteiger partial charge in [-0.2, -0.15) is 0 Å². The number of thiazole rings is 1. The number of hydrogen-bond donors (Lipinski definition) is 0. The minimum Gasteiger partial charge on any atom is -0.297 e. The third-order valence-corrected chi connectivity index (χ3v) is 4.87. The lowest BCUT2D eigenvalue weighted by atomic mass is 10.1. The van der Waals surface area contributed by atoms with Gasteiger partial charge in [0.15, 0.2) is 0 Å². The summed E-state index contributed by atoms with van der Waals surface area (Å²) in [5, 5.41) is 14.1. The maximum atomic E-state index is 10.8. The SMILES string of the molecule is Cc1nc(CN2CCN(Cc3cccc([N+](=O)[O-])c3)CC2)cs1. The highest BCUT2D eigenvalue weighted by atomic mass is 32.1. The molecule has 23 heavy (non-hydrogen) atoms. The highest BCUT2D eigenvalue weighted by Crippen LogP contribution is 2.17. The van der Waals surface area contributed by atoms with Gasteiger partial charge in [0.2, 0.25) is 0 Å². The van der Waals surface area contributed by atoms with E-state index in [1.807, 2.05) is 13.0 Å². The van der Waals surface area contributed by atoms with Crippen LogP contribution in [-0.2, 0) is 13.1 Å². The lowest BCUT2D eigenvalue weighted by molar-refractivity contribution is -0.384. The van der Waals surface area contributed by atoms with Gasteiger partial charge in [0, 0.05) is 56.8 Å². The Morgan fingerprint density at radius 2 is 1.91 bits per heavy atom. The van der Waals surface area contributed by atoms with Gasteiger partial charge in [0.05, 0.1) is 15.6 Å². The maximum absolute atomic E-state index is 10.8. The number of rotatable bonds is 5. The van der Waals surface area contributed by atoms with Crippen LogP contribution in [0.3, 0.4) is 0 Å². The maximum Gasteiger partial charge on any atom is 0.269 e. The molecule has 7 heteroatoms. The molecule has 0 aliphatic carbocycles. The molecule has 0 bridgehead atoms. The number of nitro benzene ring substituents is 1. The van der Waals surface area contributed by atoms with Crippen molar-refractivity contribution in [1.29, 1.82) is 0 Å². The number of benzene rings is 1.